The minimum atomic E-state index is -4.40. The van der Waals surface area contributed by atoms with Gasteiger partial charge in [-0.2, -0.15) is 18.3 Å². The molecule has 1 unspecified atom stereocenters. The molecule has 2 N–H and O–H groups in total. The Balaban J connectivity index is 2.16. The van der Waals surface area contributed by atoms with Gasteiger partial charge in [-0.05, 0) is 31.4 Å². The Morgan fingerprint density at radius 1 is 1.25 bits per heavy atom. The molecule has 1 aromatic carbocycles. The highest BCUT2D eigenvalue weighted by Crippen LogP contribution is 2.36. The van der Waals surface area contributed by atoms with Crippen LogP contribution in [-0.4, -0.2) is 9.78 Å². The van der Waals surface area contributed by atoms with Crippen molar-refractivity contribution in [2.24, 2.45) is 5.73 Å². The molecular formula is C14H14F3N3. The molecule has 0 fully saturated rings. The van der Waals surface area contributed by atoms with Crippen molar-refractivity contribution in [3.63, 3.8) is 0 Å². The zero-order valence-corrected chi connectivity index (χ0v) is 10.7. The molecule has 0 saturated heterocycles. The SMILES string of the molecule is NC1CCCc2c1cnn2-c1ccccc1C(F)(F)F. The lowest BCUT2D eigenvalue weighted by Crippen LogP contribution is -2.19. The zero-order chi connectivity index (χ0) is 14.3. The third kappa shape index (κ3) is 2.10. The number of hydrogen-bond acceptors (Lipinski definition) is 2. The molecule has 3 nitrogen and oxygen atoms in total. The summed E-state index contributed by atoms with van der Waals surface area (Å²) < 4.78 is 40.6. The largest absolute Gasteiger partial charge is 0.418 e. The molecule has 0 bridgehead atoms. The molecule has 6 heteroatoms. The van der Waals surface area contributed by atoms with Crippen LogP contribution in [0.3, 0.4) is 0 Å². The summed E-state index contributed by atoms with van der Waals surface area (Å²) in [6, 6.07) is 5.35. The van der Waals surface area contributed by atoms with E-state index in [2.05, 4.69) is 5.10 Å². The van der Waals surface area contributed by atoms with Gasteiger partial charge in [0, 0.05) is 17.3 Å². The Bertz CT molecular complexity index is 631. The number of benzene rings is 1. The fourth-order valence-electron chi connectivity index (χ4n) is 2.70. The normalized spacial score (nSPS) is 18.9. The minimum absolute atomic E-state index is 0.0651. The maximum absolute atomic E-state index is 13.1. The predicted octanol–water partition coefficient (Wildman–Crippen LogP) is 3.23. The lowest BCUT2D eigenvalue weighted by molar-refractivity contribution is -0.137. The Morgan fingerprint density at radius 2 is 2.00 bits per heavy atom. The molecule has 0 radical (unpaired) electrons. The van der Waals surface area contributed by atoms with E-state index in [0.717, 1.165) is 30.2 Å². The second-order valence-electron chi connectivity index (χ2n) is 4.97. The molecule has 2 aromatic rings. The van der Waals surface area contributed by atoms with Gasteiger partial charge in [0.25, 0.3) is 0 Å². The highest BCUT2D eigenvalue weighted by molar-refractivity contribution is 5.45. The smallest absolute Gasteiger partial charge is 0.324 e. The molecule has 20 heavy (non-hydrogen) atoms. The van der Waals surface area contributed by atoms with Crippen LogP contribution < -0.4 is 5.73 Å². The molecule has 3 rings (SSSR count). The fourth-order valence-corrected chi connectivity index (χ4v) is 2.70. The van der Waals surface area contributed by atoms with E-state index in [9.17, 15) is 13.2 Å². The van der Waals surface area contributed by atoms with Crippen molar-refractivity contribution in [1.82, 2.24) is 9.78 Å². The molecule has 1 atom stereocenters. The summed E-state index contributed by atoms with van der Waals surface area (Å²) in [6.45, 7) is 0. The van der Waals surface area contributed by atoms with E-state index < -0.39 is 11.7 Å². The lowest BCUT2D eigenvalue weighted by Gasteiger charge is -2.20. The van der Waals surface area contributed by atoms with Gasteiger partial charge < -0.3 is 5.73 Å². The van der Waals surface area contributed by atoms with Gasteiger partial charge in [-0.15, -0.1) is 0 Å². The van der Waals surface area contributed by atoms with Gasteiger partial charge in [-0.3, -0.25) is 0 Å². The van der Waals surface area contributed by atoms with Crippen LogP contribution in [0.25, 0.3) is 5.69 Å². The molecule has 0 amide bonds. The van der Waals surface area contributed by atoms with E-state index in [1.165, 1.54) is 16.8 Å². The number of para-hydroxylation sites is 1. The molecule has 0 saturated carbocycles. The van der Waals surface area contributed by atoms with Crippen molar-refractivity contribution in [1.29, 1.82) is 0 Å². The Hall–Kier alpha value is -1.82. The number of fused-ring (bicyclic) bond motifs is 1. The summed E-state index contributed by atoms with van der Waals surface area (Å²) in [5.74, 6) is 0. The summed E-state index contributed by atoms with van der Waals surface area (Å²) in [5.41, 5.74) is 7.02. The molecule has 106 valence electrons. The number of alkyl halides is 3. The monoisotopic (exact) mass is 281 g/mol. The number of nitrogens with two attached hydrogens (primary N) is 1. The van der Waals surface area contributed by atoms with Crippen molar-refractivity contribution >= 4 is 0 Å². The molecule has 0 aliphatic heterocycles. The molecule has 1 aliphatic carbocycles. The highest BCUT2D eigenvalue weighted by atomic mass is 19.4. The van der Waals surface area contributed by atoms with E-state index in [4.69, 9.17) is 5.73 Å². The van der Waals surface area contributed by atoms with Crippen molar-refractivity contribution in [2.75, 3.05) is 0 Å². The number of nitrogens with zero attached hydrogens (tertiary/aromatic N) is 2. The van der Waals surface area contributed by atoms with E-state index in [1.54, 1.807) is 12.3 Å². The summed E-state index contributed by atoms with van der Waals surface area (Å²) in [4.78, 5) is 0. The van der Waals surface area contributed by atoms with Crippen molar-refractivity contribution in [3.8, 4) is 5.69 Å². The molecule has 1 heterocycles. The number of aromatic nitrogens is 2. The molecule has 1 aromatic heterocycles. The summed E-state index contributed by atoms with van der Waals surface area (Å²) in [7, 11) is 0. The first-order valence-electron chi connectivity index (χ1n) is 6.47. The van der Waals surface area contributed by atoms with Gasteiger partial charge in [0.15, 0.2) is 0 Å². The number of rotatable bonds is 1. The first-order chi connectivity index (χ1) is 9.48. The van der Waals surface area contributed by atoms with Crippen LogP contribution >= 0.6 is 0 Å². The summed E-state index contributed by atoms with van der Waals surface area (Å²) in [5, 5.41) is 4.13. The Kier molecular flexibility index (Phi) is 3.05. The standard InChI is InChI=1S/C14H14F3N3/c15-14(16,17)10-4-1-2-6-13(10)20-12-7-3-5-11(18)9(12)8-19-20/h1-2,4,6,8,11H,3,5,7,18H2. The second-order valence-corrected chi connectivity index (χ2v) is 4.97. The summed E-state index contributed by atoms with van der Waals surface area (Å²) in [6.07, 6.45) is -0.387. The fraction of sp³-hybridized carbons (Fsp3) is 0.357. The van der Waals surface area contributed by atoms with Crippen molar-refractivity contribution < 1.29 is 13.2 Å². The Labute approximate surface area is 114 Å². The molecule has 1 aliphatic rings. The zero-order valence-electron chi connectivity index (χ0n) is 10.7. The number of halogens is 3. The molecular weight excluding hydrogens is 267 g/mol. The third-order valence-corrected chi connectivity index (χ3v) is 3.67. The maximum atomic E-state index is 13.1. The quantitative estimate of drug-likeness (QED) is 0.872. The van der Waals surface area contributed by atoms with E-state index in [1.807, 2.05) is 0 Å². The Morgan fingerprint density at radius 3 is 2.75 bits per heavy atom. The van der Waals surface area contributed by atoms with Crippen LogP contribution in [-0.2, 0) is 12.6 Å². The average molecular weight is 281 g/mol. The minimum Gasteiger partial charge on any atom is -0.324 e. The van der Waals surface area contributed by atoms with Crippen LogP contribution in [0.5, 0.6) is 0 Å². The number of hydrogen-bond donors (Lipinski definition) is 1. The second kappa shape index (κ2) is 4.63. The van der Waals surface area contributed by atoms with E-state index >= 15 is 0 Å². The van der Waals surface area contributed by atoms with Gasteiger partial charge in [0.1, 0.15) is 0 Å². The van der Waals surface area contributed by atoms with E-state index in [0.29, 0.717) is 6.42 Å². The van der Waals surface area contributed by atoms with Crippen LogP contribution in [0.15, 0.2) is 30.5 Å². The van der Waals surface area contributed by atoms with Gasteiger partial charge in [-0.1, -0.05) is 12.1 Å². The predicted molar refractivity (Wildman–Crippen MR) is 68.4 cm³/mol. The van der Waals surface area contributed by atoms with Gasteiger partial charge in [-0.25, -0.2) is 4.68 Å². The first-order valence-corrected chi connectivity index (χ1v) is 6.47. The third-order valence-electron chi connectivity index (χ3n) is 3.67. The van der Waals surface area contributed by atoms with Crippen LogP contribution in [0, 0.1) is 0 Å². The highest BCUT2D eigenvalue weighted by Gasteiger charge is 2.35. The van der Waals surface area contributed by atoms with Crippen molar-refractivity contribution in [3.05, 3.63) is 47.3 Å². The van der Waals surface area contributed by atoms with Gasteiger partial charge in [0.2, 0.25) is 0 Å². The molecule has 0 spiro atoms. The topological polar surface area (TPSA) is 43.8 Å². The summed E-state index contributed by atoms with van der Waals surface area (Å²) >= 11 is 0. The maximum Gasteiger partial charge on any atom is 0.418 e. The van der Waals surface area contributed by atoms with Gasteiger partial charge >= 0.3 is 6.18 Å². The van der Waals surface area contributed by atoms with Crippen LogP contribution in [0.4, 0.5) is 13.2 Å². The lowest BCUT2D eigenvalue weighted by atomic mass is 9.93. The van der Waals surface area contributed by atoms with Crippen LogP contribution in [0.2, 0.25) is 0 Å². The van der Waals surface area contributed by atoms with E-state index in [-0.39, 0.29) is 11.7 Å². The van der Waals surface area contributed by atoms with Crippen molar-refractivity contribution in [2.45, 2.75) is 31.5 Å². The van der Waals surface area contributed by atoms with Gasteiger partial charge in [0.05, 0.1) is 17.4 Å². The average Bonchev–Trinajstić information content (AvgIpc) is 2.83. The first kappa shape index (κ1) is 13.2. The van der Waals surface area contributed by atoms with Crippen LogP contribution in [0.1, 0.15) is 35.7 Å².